The van der Waals surface area contributed by atoms with E-state index in [9.17, 15) is 4.79 Å². The van der Waals surface area contributed by atoms with Crippen molar-refractivity contribution in [2.75, 3.05) is 26.2 Å². The Hall–Kier alpha value is -0.570. The Bertz CT molecular complexity index is 240. The van der Waals surface area contributed by atoms with Gasteiger partial charge in [0.05, 0.1) is 6.61 Å². The van der Waals surface area contributed by atoms with Gasteiger partial charge in [-0.15, -0.1) is 0 Å². The van der Waals surface area contributed by atoms with E-state index in [0.717, 1.165) is 38.9 Å². The number of carbonyl (C=O) groups excluding carboxylic acids is 1. The zero-order valence-corrected chi connectivity index (χ0v) is 15.4. The number of unbranched alkanes of at least 4 members (excludes halogenated alkanes) is 8. The van der Waals surface area contributed by atoms with Crippen LogP contribution >= 0.6 is 0 Å². The molecule has 3 heteroatoms. The lowest BCUT2D eigenvalue weighted by Crippen LogP contribution is -2.24. The molecule has 0 rings (SSSR count). The van der Waals surface area contributed by atoms with Gasteiger partial charge in [-0.05, 0) is 38.9 Å². The van der Waals surface area contributed by atoms with Crippen LogP contribution in [0.2, 0.25) is 0 Å². The summed E-state index contributed by atoms with van der Waals surface area (Å²) >= 11 is 0. The fourth-order valence-electron chi connectivity index (χ4n) is 2.64. The van der Waals surface area contributed by atoms with Crippen LogP contribution in [-0.2, 0) is 9.53 Å². The van der Waals surface area contributed by atoms with Crippen LogP contribution in [0.25, 0.3) is 0 Å². The number of nitrogens with zero attached hydrogens (tertiary/aromatic N) is 1. The zero-order chi connectivity index (χ0) is 16.5. The van der Waals surface area contributed by atoms with Crippen molar-refractivity contribution in [2.24, 2.45) is 0 Å². The molecule has 0 aliphatic carbocycles. The topological polar surface area (TPSA) is 29.5 Å². The molecule has 0 saturated carbocycles. The maximum absolute atomic E-state index is 11.6. The molecule has 0 aliphatic rings. The predicted octanol–water partition coefficient (Wildman–Crippen LogP) is 5.18. The first-order valence-electron chi connectivity index (χ1n) is 9.62. The molecule has 3 nitrogen and oxygen atoms in total. The summed E-state index contributed by atoms with van der Waals surface area (Å²) in [7, 11) is 0. The van der Waals surface area contributed by atoms with E-state index < -0.39 is 0 Å². The van der Waals surface area contributed by atoms with Crippen molar-refractivity contribution in [3.63, 3.8) is 0 Å². The summed E-state index contributed by atoms with van der Waals surface area (Å²) in [5.74, 6) is -0.00572. The zero-order valence-electron chi connectivity index (χ0n) is 15.4. The van der Waals surface area contributed by atoms with Crippen molar-refractivity contribution < 1.29 is 9.53 Å². The average molecular weight is 314 g/mol. The second-order valence-electron chi connectivity index (χ2n) is 6.18. The molecule has 0 aromatic rings. The molecule has 0 N–H and O–H groups in total. The van der Waals surface area contributed by atoms with E-state index in [1.54, 1.807) is 0 Å². The molecule has 0 heterocycles. The van der Waals surface area contributed by atoms with Gasteiger partial charge in [-0.2, -0.15) is 0 Å². The fourth-order valence-corrected chi connectivity index (χ4v) is 2.64. The molecule has 132 valence electrons. The number of hydrogen-bond donors (Lipinski definition) is 0. The van der Waals surface area contributed by atoms with Crippen molar-refractivity contribution in [2.45, 2.75) is 91.4 Å². The van der Waals surface area contributed by atoms with Crippen LogP contribution in [0.4, 0.5) is 0 Å². The van der Waals surface area contributed by atoms with Gasteiger partial charge in [0.2, 0.25) is 0 Å². The Balaban J connectivity index is 3.26. The van der Waals surface area contributed by atoms with Crippen LogP contribution in [0.5, 0.6) is 0 Å². The van der Waals surface area contributed by atoms with Gasteiger partial charge in [-0.1, -0.05) is 65.7 Å². The highest BCUT2D eigenvalue weighted by atomic mass is 16.5. The van der Waals surface area contributed by atoms with E-state index >= 15 is 0 Å². The molecular formula is C19H39NO2. The third kappa shape index (κ3) is 14.4. The van der Waals surface area contributed by atoms with E-state index in [-0.39, 0.29) is 5.97 Å². The summed E-state index contributed by atoms with van der Waals surface area (Å²) in [6.45, 7) is 10.5. The van der Waals surface area contributed by atoms with Gasteiger partial charge in [-0.25, -0.2) is 0 Å². The normalized spacial score (nSPS) is 11.1. The third-order valence-electron chi connectivity index (χ3n) is 4.26. The van der Waals surface area contributed by atoms with Crippen LogP contribution in [-0.4, -0.2) is 37.1 Å². The average Bonchev–Trinajstić information content (AvgIpc) is 2.53. The highest BCUT2D eigenvalue weighted by Gasteiger charge is 2.03. The van der Waals surface area contributed by atoms with E-state index in [1.165, 1.54) is 44.9 Å². The smallest absolute Gasteiger partial charge is 0.305 e. The Morgan fingerprint density at radius 2 is 1.36 bits per heavy atom. The van der Waals surface area contributed by atoms with E-state index in [4.69, 9.17) is 4.74 Å². The van der Waals surface area contributed by atoms with E-state index in [1.807, 2.05) is 0 Å². The number of rotatable bonds is 16. The SMILES string of the molecule is CCCCCCCCCCC(=O)OCCCCN(CC)CC. The molecule has 0 aromatic carbocycles. The Labute approximate surface area is 138 Å². The molecule has 0 aliphatic heterocycles. The molecule has 0 atom stereocenters. The van der Waals surface area contributed by atoms with Crippen molar-refractivity contribution >= 4 is 5.97 Å². The second-order valence-corrected chi connectivity index (χ2v) is 6.18. The summed E-state index contributed by atoms with van der Waals surface area (Å²) in [4.78, 5) is 14.0. The molecule has 0 amide bonds. The minimum absolute atomic E-state index is 0.00572. The lowest BCUT2D eigenvalue weighted by atomic mass is 10.1. The molecular weight excluding hydrogens is 274 g/mol. The Kier molecular flexibility index (Phi) is 16.4. The summed E-state index contributed by atoms with van der Waals surface area (Å²) in [5, 5.41) is 0. The van der Waals surface area contributed by atoms with Crippen molar-refractivity contribution in [3.8, 4) is 0 Å². The summed E-state index contributed by atoms with van der Waals surface area (Å²) in [6.07, 6.45) is 12.8. The molecule has 0 fully saturated rings. The molecule has 0 bridgehead atoms. The van der Waals surface area contributed by atoms with Crippen LogP contribution in [0.3, 0.4) is 0 Å². The van der Waals surface area contributed by atoms with E-state index in [0.29, 0.717) is 13.0 Å². The molecule has 0 unspecified atom stereocenters. The van der Waals surface area contributed by atoms with Gasteiger partial charge in [-0.3, -0.25) is 4.79 Å². The Morgan fingerprint density at radius 1 is 0.773 bits per heavy atom. The van der Waals surface area contributed by atoms with Crippen LogP contribution in [0.1, 0.15) is 91.4 Å². The fraction of sp³-hybridized carbons (Fsp3) is 0.947. The molecule has 0 aromatic heterocycles. The van der Waals surface area contributed by atoms with Gasteiger partial charge in [0.1, 0.15) is 0 Å². The highest BCUT2D eigenvalue weighted by Crippen LogP contribution is 2.10. The first-order valence-corrected chi connectivity index (χ1v) is 9.62. The van der Waals surface area contributed by atoms with Crippen molar-refractivity contribution in [3.05, 3.63) is 0 Å². The standard InChI is InChI=1S/C19H39NO2/c1-4-7-8-9-10-11-12-13-16-19(21)22-18-15-14-17-20(5-2)6-3/h4-18H2,1-3H3. The van der Waals surface area contributed by atoms with Crippen LogP contribution in [0, 0.1) is 0 Å². The highest BCUT2D eigenvalue weighted by molar-refractivity contribution is 5.69. The first-order chi connectivity index (χ1) is 10.7. The quantitative estimate of drug-likeness (QED) is 0.290. The summed E-state index contributed by atoms with van der Waals surface area (Å²) in [6, 6.07) is 0. The largest absolute Gasteiger partial charge is 0.466 e. The van der Waals surface area contributed by atoms with Crippen molar-refractivity contribution in [1.82, 2.24) is 4.90 Å². The molecule has 0 saturated heterocycles. The van der Waals surface area contributed by atoms with Gasteiger partial charge in [0, 0.05) is 6.42 Å². The minimum Gasteiger partial charge on any atom is -0.466 e. The molecule has 22 heavy (non-hydrogen) atoms. The van der Waals surface area contributed by atoms with Crippen LogP contribution < -0.4 is 0 Å². The predicted molar refractivity (Wildman–Crippen MR) is 95.2 cm³/mol. The summed E-state index contributed by atoms with van der Waals surface area (Å²) < 4.78 is 5.29. The summed E-state index contributed by atoms with van der Waals surface area (Å²) in [5.41, 5.74) is 0. The molecule has 0 spiro atoms. The third-order valence-corrected chi connectivity index (χ3v) is 4.26. The minimum atomic E-state index is -0.00572. The van der Waals surface area contributed by atoms with Gasteiger partial charge in [0.15, 0.2) is 0 Å². The van der Waals surface area contributed by atoms with Crippen LogP contribution in [0.15, 0.2) is 0 Å². The maximum Gasteiger partial charge on any atom is 0.305 e. The second kappa shape index (κ2) is 16.8. The lowest BCUT2D eigenvalue weighted by Gasteiger charge is -2.17. The lowest BCUT2D eigenvalue weighted by molar-refractivity contribution is -0.143. The first kappa shape index (κ1) is 21.4. The van der Waals surface area contributed by atoms with Gasteiger partial charge >= 0.3 is 5.97 Å². The number of hydrogen-bond acceptors (Lipinski definition) is 3. The molecule has 0 radical (unpaired) electrons. The van der Waals surface area contributed by atoms with Gasteiger partial charge in [0.25, 0.3) is 0 Å². The number of ether oxygens (including phenoxy) is 1. The van der Waals surface area contributed by atoms with E-state index in [2.05, 4.69) is 25.7 Å². The maximum atomic E-state index is 11.6. The van der Waals surface area contributed by atoms with Crippen molar-refractivity contribution in [1.29, 1.82) is 0 Å². The number of esters is 1. The number of carbonyl (C=O) groups is 1. The van der Waals surface area contributed by atoms with Gasteiger partial charge < -0.3 is 9.64 Å². The monoisotopic (exact) mass is 313 g/mol. The Morgan fingerprint density at radius 3 is 1.95 bits per heavy atom.